The molecule has 0 atom stereocenters. The fraction of sp³-hybridized carbons (Fsp3) is 0.538. The summed E-state index contributed by atoms with van der Waals surface area (Å²) < 4.78 is 2.01. The van der Waals surface area contributed by atoms with Crippen LogP contribution < -0.4 is 0 Å². The molecule has 0 aliphatic heterocycles. The first-order valence-electron chi connectivity index (χ1n) is 6.74. The lowest BCUT2D eigenvalue weighted by atomic mass is 9.96. The summed E-state index contributed by atoms with van der Waals surface area (Å²) in [6.45, 7) is 0. The van der Waals surface area contributed by atoms with E-state index in [4.69, 9.17) is 0 Å². The predicted octanol–water partition coefficient (Wildman–Crippen LogP) is 2.87. The van der Waals surface area contributed by atoms with Gasteiger partial charge >= 0.3 is 0 Å². The van der Waals surface area contributed by atoms with Crippen LogP contribution in [0.4, 0.5) is 0 Å². The lowest BCUT2D eigenvalue weighted by Crippen LogP contribution is -2.15. The van der Waals surface area contributed by atoms with Crippen molar-refractivity contribution in [2.75, 3.05) is 0 Å². The van der Waals surface area contributed by atoms with Crippen LogP contribution >= 0.6 is 11.8 Å². The van der Waals surface area contributed by atoms with Crippen LogP contribution in [0.5, 0.6) is 0 Å². The SMILES string of the molecule is c1ccc(CSc2nnnn2C2CCCCC2)nc1. The van der Waals surface area contributed by atoms with Crippen molar-refractivity contribution >= 4 is 11.8 Å². The number of thioether (sulfide) groups is 1. The molecule has 2 aromatic heterocycles. The maximum absolute atomic E-state index is 4.32. The van der Waals surface area contributed by atoms with E-state index in [1.807, 2.05) is 29.1 Å². The third-order valence-electron chi connectivity index (χ3n) is 3.46. The number of tetrazole rings is 1. The van der Waals surface area contributed by atoms with Crippen molar-refractivity contribution in [2.24, 2.45) is 0 Å². The van der Waals surface area contributed by atoms with Gasteiger partial charge in [-0.3, -0.25) is 4.98 Å². The smallest absolute Gasteiger partial charge is 0.209 e. The predicted molar refractivity (Wildman–Crippen MR) is 73.7 cm³/mol. The third kappa shape index (κ3) is 3.12. The van der Waals surface area contributed by atoms with Gasteiger partial charge in [-0.05, 0) is 35.4 Å². The minimum absolute atomic E-state index is 0.481. The summed E-state index contributed by atoms with van der Waals surface area (Å²) in [6, 6.07) is 6.45. The van der Waals surface area contributed by atoms with Crippen molar-refractivity contribution in [3.63, 3.8) is 0 Å². The molecule has 0 unspecified atom stereocenters. The minimum Gasteiger partial charge on any atom is -0.260 e. The zero-order valence-corrected chi connectivity index (χ0v) is 11.6. The summed E-state index contributed by atoms with van der Waals surface area (Å²) in [5, 5.41) is 13.1. The molecule has 1 fully saturated rings. The van der Waals surface area contributed by atoms with Gasteiger partial charge in [-0.25, -0.2) is 4.68 Å². The highest BCUT2D eigenvalue weighted by atomic mass is 32.2. The van der Waals surface area contributed by atoms with Crippen LogP contribution in [0.1, 0.15) is 43.8 Å². The maximum Gasteiger partial charge on any atom is 0.209 e. The molecule has 19 heavy (non-hydrogen) atoms. The molecule has 2 heterocycles. The molecule has 0 spiro atoms. The molecule has 1 saturated carbocycles. The van der Waals surface area contributed by atoms with Crippen molar-refractivity contribution in [1.82, 2.24) is 25.2 Å². The van der Waals surface area contributed by atoms with E-state index in [0.29, 0.717) is 6.04 Å². The van der Waals surface area contributed by atoms with Gasteiger partial charge in [-0.1, -0.05) is 37.1 Å². The van der Waals surface area contributed by atoms with Gasteiger partial charge in [0.05, 0.1) is 11.7 Å². The number of hydrogen-bond donors (Lipinski definition) is 0. The largest absolute Gasteiger partial charge is 0.260 e. The fourth-order valence-corrected chi connectivity index (χ4v) is 3.32. The normalized spacial score (nSPS) is 16.6. The Kier molecular flexibility index (Phi) is 4.07. The second kappa shape index (κ2) is 6.14. The topological polar surface area (TPSA) is 56.5 Å². The molecule has 1 aliphatic rings. The molecule has 0 radical (unpaired) electrons. The molecule has 0 saturated heterocycles. The van der Waals surface area contributed by atoms with Gasteiger partial charge in [-0.2, -0.15) is 0 Å². The van der Waals surface area contributed by atoms with Gasteiger partial charge in [0.1, 0.15) is 0 Å². The van der Waals surface area contributed by atoms with E-state index >= 15 is 0 Å². The molecule has 5 nitrogen and oxygen atoms in total. The molecule has 6 heteroatoms. The molecular weight excluding hydrogens is 258 g/mol. The first-order valence-corrected chi connectivity index (χ1v) is 7.72. The highest BCUT2D eigenvalue weighted by Crippen LogP contribution is 2.30. The Morgan fingerprint density at radius 3 is 2.89 bits per heavy atom. The number of nitrogens with zero attached hydrogens (tertiary/aromatic N) is 5. The van der Waals surface area contributed by atoms with Crippen molar-refractivity contribution in [1.29, 1.82) is 0 Å². The standard InChI is InChI=1S/C13H17N5S/c1-2-7-12(8-3-1)18-13(15-16-17-18)19-10-11-6-4-5-9-14-11/h4-6,9,12H,1-3,7-8,10H2. The van der Waals surface area contributed by atoms with Gasteiger partial charge in [-0.15, -0.1) is 5.10 Å². The van der Waals surface area contributed by atoms with E-state index < -0.39 is 0 Å². The van der Waals surface area contributed by atoms with Crippen LogP contribution in [0.3, 0.4) is 0 Å². The number of rotatable bonds is 4. The molecule has 2 aromatic rings. The molecule has 0 bridgehead atoms. The van der Waals surface area contributed by atoms with Gasteiger partial charge in [0.2, 0.25) is 5.16 Å². The van der Waals surface area contributed by atoms with E-state index in [9.17, 15) is 0 Å². The molecule has 0 amide bonds. The highest BCUT2D eigenvalue weighted by molar-refractivity contribution is 7.98. The van der Waals surface area contributed by atoms with Crippen LogP contribution in [-0.2, 0) is 5.75 Å². The van der Waals surface area contributed by atoms with Crippen LogP contribution in [0.15, 0.2) is 29.6 Å². The summed E-state index contributed by atoms with van der Waals surface area (Å²) in [5.74, 6) is 0.813. The molecule has 3 rings (SSSR count). The highest BCUT2D eigenvalue weighted by Gasteiger charge is 2.20. The Bertz CT molecular complexity index is 507. The second-order valence-electron chi connectivity index (χ2n) is 4.81. The van der Waals surface area contributed by atoms with Gasteiger partial charge in [0.15, 0.2) is 0 Å². The van der Waals surface area contributed by atoms with Crippen molar-refractivity contribution in [3.05, 3.63) is 30.1 Å². The fourth-order valence-electron chi connectivity index (χ4n) is 2.46. The Hall–Kier alpha value is -1.43. The van der Waals surface area contributed by atoms with Crippen LogP contribution in [-0.4, -0.2) is 25.2 Å². The van der Waals surface area contributed by atoms with E-state index in [2.05, 4.69) is 20.5 Å². The quantitative estimate of drug-likeness (QED) is 0.803. The molecule has 100 valence electrons. The van der Waals surface area contributed by atoms with E-state index in [0.717, 1.165) is 16.6 Å². The number of aromatic nitrogens is 5. The van der Waals surface area contributed by atoms with Gasteiger partial charge < -0.3 is 0 Å². The molecule has 1 aliphatic carbocycles. The lowest BCUT2D eigenvalue weighted by molar-refractivity contribution is 0.307. The summed E-state index contributed by atoms with van der Waals surface area (Å²) >= 11 is 1.66. The third-order valence-corrected chi connectivity index (χ3v) is 4.43. The Morgan fingerprint density at radius 1 is 1.21 bits per heavy atom. The molecule has 0 aromatic carbocycles. The van der Waals surface area contributed by atoms with Crippen molar-refractivity contribution in [2.45, 2.75) is 49.1 Å². The number of hydrogen-bond acceptors (Lipinski definition) is 5. The van der Waals surface area contributed by atoms with Crippen LogP contribution in [0.25, 0.3) is 0 Å². The average Bonchev–Trinajstić information content (AvgIpc) is 2.95. The average molecular weight is 275 g/mol. The van der Waals surface area contributed by atoms with Crippen LogP contribution in [0.2, 0.25) is 0 Å². The Morgan fingerprint density at radius 2 is 2.11 bits per heavy atom. The number of pyridine rings is 1. The summed E-state index contributed by atoms with van der Waals surface area (Å²) in [5.41, 5.74) is 1.06. The Balaban J connectivity index is 1.66. The zero-order chi connectivity index (χ0) is 12.9. The summed E-state index contributed by atoms with van der Waals surface area (Å²) in [4.78, 5) is 4.32. The van der Waals surface area contributed by atoms with Crippen LogP contribution in [0, 0.1) is 0 Å². The van der Waals surface area contributed by atoms with E-state index in [-0.39, 0.29) is 0 Å². The van der Waals surface area contributed by atoms with E-state index in [1.165, 1.54) is 32.1 Å². The molecular formula is C13H17N5S. The Labute approximate surface area is 116 Å². The monoisotopic (exact) mass is 275 g/mol. The van der Waals surface area contributed by atoms with Crippen molar-refractivity contribution < 1.29 is 0 Å². The van der Waals surface area contributed by atoms with Gasteiger partial charge in [0.25, 0.3) is 0 Å². The first-order chi connectivity index (χ1) is 9.43. The molecule has 0 N–H and O–H groups in total. The summed E-state index contributed by atoms with van der Waals surface area (Å²) in [7, 11) is 0. The van der Waals surface area contributed by atoms with E-state index in [1.54, 1.807) is 11.8 Å². The first kappa shape index (κ1) is 12.6. The zero-order valence-electron chi connectivity index (χ0n) is 10.8. The van der Waals surface area contributed by atoms with Gasteiger partial charge in [0, 0.05) is 11.9 Å². The lowest BCUT2D eigenvalue weighted by Gasteiger charge is -2.21. The minimum atomic E-state index is 0.481. The maximum atomic E-state index is 4.32. The second-order valence-corrected chi connectivity index (χ2v) is 5.75. The van der Waals surface area contributed by atoms with Crippen molar-refractivity contribution in [3.8, 4) is 0 Å². The summed E-state index contributed by atoms with van der Waals surface area (Å²) in [6.07, 6.45) is 8.13.